The highest BCUT2D eigenvalue weighted by molar-refractivity contribution is 8.20. The number of nitrogens with zero attached hydrogens (tertiary/aromatic N) is 2. The SMILES string of the molecule is C1=C(c2ccc(N(c3ccccc3)c3ccccc3)cc2)SC(c2ccc(N(c3ccccc3)c3ccccc3)cc2)=CS1. The maximum Gasteiger partial charge on any atom is 0.0462 e. The minimum absolute atomic E-state index is 1.13. The Labute approximate surface area is 268 Å². The van der Waals surface area contributed by atoms with Crippen LogP contribution in [0.15, 0.2) is 181 Å². The van der Waals surface area contributed by atoms with Gasteiger partial charge in [-0.05, 0) is 94.7 Å². The van der Waals surface area contributed by atoms with Crippen LogP contribution in [-0.2, 0) is 0 Å². The summed E-state index contributed by atoms with van der Waals surface area (Å²) in [7, 11) is 0. The monoisotopic (exact) mass is 602 g/mol. The minimum atomic E-state index is 1.13. The molecule has 2 nitrogen and oxygen atoms in total. The van der Waals surface area contributed by atoms with Gasteiger partial charge in [-0.25, -0.2) is 0 Å². The Morgan fingerprint density at radius 2 is 0.568 bits per heavy atom. The molecule has 1 heterocycles. The van der Waals surface area contributed by atoms with E-state index in [2.05, 4.69) is 190 Å². The Kier molecular flexibility index (Phi) is 8.35. The van der Waals surface area contributed by atoms with E-state index in [0.29, 0.717) is 0 Å². The lowest BCUT2D eigenvalue weighted by Gasteiger charge is -2.26. The number of hydrogen-bond donors (Lipinski definition) is 0. The van der Waals surface area contributed by atoms with E-state index in [-0.39, 0.29) is 0 Å². The van der Waals surface area contributed by atoms with E-state index >= 15 is 0 Å². The molecule has 0 unspecified atom stereocenters. The van der Waals surface area contributed by atoms with Crippen molar-refractivity contribution in [3.63, 3.8) is 0 Å². The third-order valence-electron chi connectivity index (χ3n) is 7.45. The van der Waals surface area contributed by atoms with Gasteiger partial charge >= 0.3 is 0 Å². The maximum absolute atomic E-state index is 2.29. The molecule has 0 atom stereocenters. The molecule has 0 aliphatic carbocycles. The van der Waals surface area contributed by atoms with Gasteiger partial charge in [-0.2, -0.15) is 0 Å². The zero-order valence-electron chi connectivity index (χ0n) is 24.0. The van der Waals surface area contributed by atoms with Crippen molar-refractivity contribution >= 4 is 67.5 Å². The third-order valence-corrected chi connectivity index (χ3v) is 9.64. The number of benzene rings is 6. The van der Waals surface area contributed by atoms with Crippen LogP contribution in [-0.4, -0.2) is 0 Å². The summed E-state index contributed by atoms with van der Waals surface area (Å²) < 4.78 is 0. The molecule has 7 rings (SSSR count). The van der Waals surface area contributed by atoms with Crippen LogP contribution in [0, 0.1) is 0 Å². The first-order valence-corrected chi connectivity index (χ1v) is 16.3. The largest absolute Gasteiger partial charge is 0.311 e. The molecule has 6 aromatic carbocycles. The van der Waals surface area contributed by atoms with E-state index in [9.17, 15) is 0 Å². The van der Waals surface area contributed by atoms with Gasteiger partial charge in [-0.15, -0.1) is 11.8 Å². The van der Waals surface area contributed by atoms with Crippen molar-refractivity contribution in [2.45, 2.75) is 0 Å². The summed E-state index contributed by atoms with van der Waals surface area (Å²) in [5.41, 5.74) is 9.25. The fraction of sp³-hybridized carbons (Fsp3) is 0. The van der Waals surface area contributed by atoms with E-state index in [0.717, 1.165) is 34.1 Å². The number of hydrogen-bond acceptors (Lipinski definition) is 4. The lowest BCUT2D eigenvalue weighted by Crippen LogP contribution is -2.09. The molecule has 0 aromatic heterocycles. The molecule has 1 aliphatic rings. The van der Waals surface area contributed by atoms with Gasteiger partial charge in [0.2, 0.25) is 0 Å². The fourth-order valence-electron chi connectivity index (χ4n) is 5.33. The fourth-order valence-corrected chi connectivity index (χ4v) is 7.38. The van der Waals surface area contributed by atoms with Crippen molar-refractivity contribution < 1.29 is 0 Å². The molecule has 0 N–H and O–H groups in total. The van der Waals surface area contributed by atoms with Crippen molar-refractivity contribution in [2.75, 3.05) is 9.80 Å². The zero-order valence-corrected chi connectivity index (χ0v) is 25.7. The molecule has 4 heteroatoms. The second-order valence-electron chi connectivity index (χ2n) is 10.3. The summed E-state index contributed by atoms with van der Waals surface area (Å²) >= 11 is 3.57. The second-order valence-corrected chi connectivity index (χ2v) is 12.1. The van der Waals surface area contributed by atoms with Crippen LogP contribution in [0.2, 0.25) is 0 Å². The number of para-hydroxylation sites is 4. The Balaban J connectivity index is 1.11. The average molecular weight is 603 g/mol. The van der Waals surface area contributed by atoms with Crippen LogP contribution in [0.1, 0.15) is 11.1 Å². The van der Waals surface area contributed by atoms with Gasteiger partial charge < -0.3 is 9.80 Å². The Hall–Kier alpha value is -4.90. The smallest absolute Gasteiger partial charge is 0.0462 e. The molecule has 6 aromatic rings. The van der Waals surface area contributed by atoms with E-state index in [1.165, 1.54) is 20.9 Å². The van der Waals surface area contributed by atoms with Crippen molar-refractivity contribution in [1.29, 1.82) is 0 Å². The van der Waals surface area contributed by atoms with Crippen molar-refractivity contribution in [3.8, 4) is 0 Å². The summed E-state index contributed by atoms with van der Waals surface area (Å²) in [6.45, 7) is 0. The summed E-state index contributed by atoms with van der Waals surface area (Å²) in [6, 6.07) is 59.9. The lowest BCUT2D eigenvalue weighted by atomic mass is 10.1. The van der Waals surface area contributed by atoms with Crippen LogP contribution in [0.3, 0.4) is 0 Å². The van der Waals surface area contributed by atoms with Gasteiger partial charge in [-0.3, -0.25) is 0 Å². The molecule has 1 aliphatic heterocycles. The normalized spacial score (nSPS) is 12.6. The van der Waals surface area contributed by atoms with Gasteiger partial charge in [0.25, 0.3) is 0 Å². The molecule has 0 saturated carbocycles. The second kappa shape index (κ2) is 13.2. The van der Waals surface area contributed by atoms with Gasteiger partial charge in [0.1, 0.15) is 0 Å². The standard InChI is InChI=1S/C40H30N2S2/c1-5-13-33(14-6-1)41(34-15-7-2-8-16-34)37-25-21-31(22-26-37)39-29-43-30-40(44-39)32-23-27-38(28-24-32)42(35-17-9-3-10-18-35)36-19-11-4-12-20-36/h1-30H. The van der Waals surface area contributed by atoms with Crippen LogP contribution in [0.4, 0.5) is 34.1 Å². The average Bonchev–Trinajstić information content (AvgIpc) is 3.11. The number of anilines is 6. The number of thioether (sulfide) groups is 2. The molecule has 0 fully saturated rings. The topological polar surface area (TPSA) is 6.48 Å². The summed E-state index contributed by atoms with van der Waals surface area (Å²) in [5, 5.41) is 4.49. The molecule has 0 radical (unpaired) electrons. The molecule has 0 saturated heterocycles. The lowest BCUT2D eigenvalue weighted by molar-refractivity contribution is 1.28. The van der Waals surface area contributed by atoms with Gasteiger partial charge in [0, 0.05) is 43.9 Å². The van der Waals surface area contributed by atoms with Crippen molar-refractivity contribution in [1.82, 2.24) is 0 Å². The van der Waals surface area contributed by atoms with Crippen molar-refractivity contribution in [3.05, 3.63) is 192 Å². The van der Waals surface area contributed by atoms with Crippen LogP contribution in [0.5, 0.6) is 0 Å². The maximum atomic E-state index is 2.29. The Morgan fingerprint density at radius 1 is 0.295 bits per heavy atom. The van der Waals surface area contributed by atoms with Crippen molar-refractivity contribution in [2.24, 2.45) is 0 Å². The van der Waals surface area contributed by atoms with Gasteiger partial charge in [0.05, 0.1) is 0 Å². The first kappa shape index (κ1) is 27.9. The Bertz CT molecular complexity index is 1650. The summed E-state index contributed by atoms with van der Waals surface area (Å²) in [5.74, 6) is 0. The van der Waals surface area contributed by atoms with Crippen LogP contribution < -0.4 is 9.80 Å². The van der Waals surface area contributed by atoms with E-state index in [1.807, 2.05) is 11.8 Å². The van der Waals surface area contributed by atoms with Gasteiger partial charge in [-0.1, -0.05) is 109 Å². The highest BCUT2D eigenvalue weighted by Gasteiger charge is 2.17. The Morgan fingerprint density at radius 3 is 0.864 bits per heavy atom. The molecule has 0 amide bonds. The van der Waals surface area contributed by atoms with E-state index < -0.39 is 0 Å². The molecule has 44 heavy (non-hydrogen) atoms. The summed E-state index contributed by atoms with van der Waals surface area (Å²) in [4.78, 5) is 7.10. The first-order chi connectivity index (χ1) is 21.8. The molecule has 0 bridgehead atoms. The van der Waals surface area contributed by atoms with E-state index in [1.54, 1.807) is 11.8 Å². The van der Waals surface area contributed by atoms with Crippen LogP contribution in [0.25, 0.3) is 9.81 Å². The first-order valence-electron chi connectivity index (χ1n) is 14.6. The molecule has 212 valence electrons. The molecular formula is C40H30N2S2. The van der Waals surface area contributed by atoms with E-state index in [4.69, 9.17) is 0 Å². The predicted molar refractivity (Wildman–Crippen MR) is 193 cm³/mol. The predicted octanol–water partition coefficient (Wildman–Crippen LogP) is 12.4. The van der Waals surface area contributed by atoms with Crippen LogP contribution >= 0.6 is 23.5 Å². The summed E-state index contributed by atoms with van der Waals surface area (Å²) in [6.07, 6.45) is 0. The minimum Gasteiger partial charge on any atom is -0.311 e. The zero-order chi connectivity index (χ0) is 29.6. The quantitative estimate of drug-likeness (QED) is 0.171. The molecular weight excluding hydrogens is 573 g/mol. The van der Waals surface area contributed by atoms with Gasteiger partial charge in [0.15, 0.2) is 0 Å². The third kappa shape index (κ3) is 6.09. The molecule has 0 spiro atoms. The highest BCUT2D eigenvalue weighted by atomic mass is 32.2. The highest BCUT2D eigenvalue weighted by Crippen LogP contribution is 2.46. The number of rotatable bonds is 8.